The van der Waals surface area contributed by atoms with Crippen molar-refractivity contribution in [3.63, 3.8) is 0 Å². The van der Waals surface area contributed by atoms with Gasteiger partial charge in [0.1, 0.15) is 23.2 Å². The molecule has 0 atom stereocenters. The van der Waals surface area contributed by atoms with Crippen LogP contribution >= 0.6 is 15.9 Å². The zero-order valence-electron chi connectivity index (χ0n) is 13.5. The molecule has 2 aromatic rings. The van der Waals surface area contributed by atoms with Gasteiger partial charge in [0.15, 0.2) is 0 Å². The van der Waals surface area contributed by atoms with E-state index < -0.39 is 11.8 Å². The van der Waals surface area contributed by atoms with E-state index in [9.17, 15) is 14.9 Å². The molecule has 0 aliphatic carbocycles. The van der Waals surface area contributed by atoms with E-state index in [1.165, 1.54) is 7.05 Å². The molecule has 1 aromatic heterocycles. The first-order valence-electron chi connectivity index (χ1n) is 7.43. The molecule has 5 nitrogen and oxygen atoms in total. The summed E-state index contributed by atoms with van der Waals surface area (Å²) in [6.45, 7) is 1.59. The van der Waals surface area contributed by atoms with Crippen LogP contribution in [0.4, 0.5) is 0 Å². The molecule has 1 aromatic carbocycles. The van der Waals surface area contributed by atoms with Crippen molar-refractivity contribution < 1.29 is 14.0 Å². The number of amides is 2. The molecule has 3 rings (SSSR count). The smallest absolute Gasteiger partial charge is 0.271 e. The molecule has 0 saturated heterocycles. The van der Waals surface area contributed by atoms with Gasteiger partial charge >= 0.3 is 0 Å². The summed E-state index contributed by atoms with van der Waals surface area (Å²) in [6.07, 6.45) is 1.56. The second-order valence-corrected chi connectivity index (χ2v) is 6.46. The van der Waals surface area contributed by atoms with Crippen LogP contribution in [-0.2, 0) is 9.59 Å². The first kappa shape index (κ1) is 16.9. The van der Waals surface area contributed by atoms with E-state index >= 15 is 0 Å². The maximum absolute atomic E-state index is 12.4. The molecular weight excluding hydrogens is 384 g/mol. The van der Waals surface area contributed by atoms with E-state index in [4.69, 9.17) is 4.42 Å². The molecular formula is C19H13BrN2O3. The summed E-state index contributed by atoms with van der Waals surface area (Å²) in [5.74, 6) is 0.0927. The molecule has 0 spiro atoms. The Kier molecular flexibility index (Phi) is 4.43. The Labute approximate surface area is 153 Å². The number of benzene rings is 1. The molecule has 0 unspecified atom stereocenters. The Hall–Kier alpha value is -2.91. The molecule has 0 saturated carbocycles. The average molecular weight is 397 g/mol. The predicted octanol–water partition coefficient (Wildman–Crippen LogP) is 3.93. The van der Waals surface area contributed by atoms with Gasteiger partial charge < -0.3 is 4.42 Å². The lowest BCUT2D eigenvalue weighted by Gasteiger charge is -2.23. The van der Waals surface area contributed by atoms with Crippen molar-refractivity contribution in [1.82, 2.24) is 4.90 Å². The minimum absolute atomic E-state index is 0.0342. The van der Waals surface area contributed by atoms with E-state index in [1.807, 2.05) is 36.4 Å². The van der Waals surface area contributed by atoms with E-state index in [0.29, 0.717) is 17.1 Å². The fourth-order valence-corrected chi connectivity index (χ4v) is 2.80. The lowest BCUT2D eigenvalue weighted by atomic mass is 9.95. The van der Waals surface area contributed by atoms with Gasteiger partial charge in [-0.2, -0.15) is 5.26 Å². The third-order valence-electron chi connectivity index (χ3n) is 3.99. The van der Waals surface area contributed by atoms with Crippen LogP contribution < -0.4 is 0 Å². The highest BCUT2D eigenvalue weighted by molar-refractivity contribution is 9.10. The van der Waals surface area contributed by atoms with Crippen molar-refractivity contribution in [3.8, 4) is 17.4 Å². The number of imide groups is 1. The highest BCUT2D eigenvalue weighted by Crippen LogP contribution is 2.29. The minimum Gasteiger partial charge on any atom is -0.457 e. The van der Waals surface area contributed by atoms with Crippen LogP contribution in [0.25, 0.3) is 17.4 Å². The van der Waals surface area contributed by atoms with Crippen molar-refractivity contribution in [1.29, 1.82) is 5.26 Å². The van der Waals surface area contributed by atoms with Crippen molar-refractivity contribution in [2.24, 2.45) is 0 Å². The number of rotatable bonds is 2. The van der Waals surface area contributed by atoms with E-state index in [-0.39, 0.29) is 11.1 Å². The first-order valence-corrected chi connectivity index (χ1v) is 8.23. The topological polar surface area (TPSA) is 74.3 Å². The number of halogens is 1. The highest BCUT2D eigenvalue weighted by Gasteiger charge is 2.33. The quantitative estimate of drug-likeness (QED) is 0.569. The van der Waals surface area contributed by atoms with Crippen LogP contribution in [0.1, 0.15) is 12.7 Å². The van der Waals surface area contributed by atoms with Gasteiger partial charge in [-0.15, -0.1) is 0 Å². The molecule has 0 bridgehead atoms. The number of likely N-dealkylation sites (N-methyl/N-ethyl adjacent to an activating group) is 1. The Morgan fingerprint density at radius 1 is 1.12 bits per heavy atom. The van der Waals surface area contributed by atoms with Crippen LogP contribution in [0.15, 0.2) is 62.0 Å². The first-order chi connectivity index (χ1) is 11.9. The Morgan fingerprint density at radius 3 is 2.44 bits per heavy atom. The van der Waals surface area contributed by atoms with Gasteiger partial charge in [-0.3, -0.25) is 14.5 Å². The molecule has 0 N–H and O–H groups in total. The molecule has 0 fully saturated rings. The van der Waals surface area contributed by atoms with E-state index in [2.05, 4.69) is 15.9 Å². The van der Waals surface area contributed by atoms with Crippen LogP contribution in [0.2, 0.25) is 0 Å². The van der Waals surface area contributed by atoms with Crippen molar-refractivity contribution in [2.45, 2.75) is 6.92 Å². The molecule has 25 heavy (non-hydrogen) atoms. The molecule has 1 aliphatic rings. The van der Waals surface area contributed by atoms with Gasteiger partial charge in [-0.05, 0) is 42.8 Å². The van der Waals surface area contributed by atoms with Gasteiger partial charge in [0, 0.05) is 22.7 Å². The molecule has 6 heteroatoms. The maximum atomic E-state index is 12.4. The molecule has 1 aliphatic heterocycles. The summed E-state index contributed by atoms with van der Waals surface area (Å²) in [7, 11) is 1.36. The summed E-state index contributed by atoms with van der Waals surface area (Å²) in [5, 5.41) is 9.17. The van der Waals surface area contributed by atoms with Crippen molar-refractivity contribution in [2.75, 3.05) is 7.05 Å². The number of carbonyl (C=O) groups is 2. The summed E-state index contributed by atoms with van der Waals surface area (Å²) < 4.78 is 6.76. The normalized spacial score (nSPS) is 16.6. The largest absolute Gasteiger partial charge is 0.457 e. The predicted molar refractivity (Wildman–Crippen MR) is 95.9 cm³/mol. The van der Waals surface area contributed by atoms with Gasteiger partial charge in [-0.25, -0.2) is 0 Å². The van der Waals surface area contributed by atoms with Crippen LogP contribution in [0.5, 0.6) is 0 Å². The molecule has 124 valence electrons. The summed E-state index contributed by atoms with van der Waals surface area (Å²) in [4.78, 5) is 25.3. The van der Waals surface area contributed by atoms with Crippen LogP contribution in [-0.4, -0.2) is 23.8 Å². The van der Waals surface area contributed by atoms with Crippen molar-refractivity contribution in [3.05, 3.63) is 63.4 Å². The van der Waals surface area contributed by atoms with Crippen LogP contribution in [0, 0.1) is 11.3 Å². The zero-order valence-corrected chi connectivity index (χ0v) is 15.1. The van der Waals surface area contributed by atoms with Gasteiger partial charge in [0.2, 0.25) is 0 Å². The van der Waals surface area contributed by atoms with Gasteiger partial charge in [0.25, 0.3) is 11.8 Å². The molecule has 2 amide bonds. The van der Waals surface area contributed by atoms with Gasteiger partial charge in [-0.1, -0.05) is 28.1 Å². The summed E-state index contributed by atoms with van der Waals surface area (Å²) >= 11 is 3.38. The fourth-order valence-electron chi connectivity index (χ4n) is 2.54. The average Bonchev–Trinajstić information content (AvgIpc) is 3.07. The Morgan fingerprint density at radius 2 is 1.80 bits per heavy atom. The standard InChI is InChI=1S/C19H13BrN2O3/c1-11-15(18(23)22(2)19(24)16(11)10-21)9-14-7-8-17(25-14)12-3-5-13(20)6-4-12/h3-9H,1-2H3/b15-9-. The van der Waals surface area contributed by atoms with Crippen LogP contribution in [0.3, 0.4) is 0 Å². The maximum Gasteiger partial charge on any atom is 0.271 e. The lowest BCUT2D eigenvalue weighted by Crippen LogP contribution is -2.39. The van der Waals surface area contributed by atoms with E-state index in [0.717, 1.165) is 14.9 Å². The number of hydrogen-bond donors (Lipinski definition) is 0. The number of hydrogen-bond acceptors (Lipinski definition) is 4. The minimum atomic E-state index is -0.586. The molecule has 2 heterocycles. The highest BCUT2D eigenvalue weighted by atomic mass is 79.9. The molecule has 0 radical (unpaired) electrons. The fraction of sp³-hybridized carbons (Fsp3) is 0.105. The monoisotopic (exact) mass is 396 g/mol. The zero-order chi connectivity index (χ0) is 18.1. The number of nitrogens with zero attached hydrogens (tertiary/aromatic N) is 2. The second kappa shape index (κ2) is 6.54. The number of furan rings is 1. The SMILES string of the molecule is CC1=C(C#N)C(=O)N(C)C(=O)/C1=C\c1ccc(-c2ccc(Br)cc2)o1. The number of carbonyl (C=O) groups excluding carboxylic acids is 2. The van der Waals surface area contributed by atoms with E-state index in [1.54, 1.807) is 19.1 Å². The summed E-state index contributed by atoms with van der Waals surface area (Å²) in [5.41, 5.74) is 1.50. The lowest BCUT2D eigenvalue weighted by molar-refractivity contribution is -0.138. The Bertz CT molecular complexity index is 975. The third-order valence-corrected chi connectivity index (χ3v) is 4.52. The van der Waals surface area contributed by atoms with Gasteiger partial charge in [0.05, 0.1) is 0 Å². The van der Waals surface area contributed by atoms with Crippen molar-refractivity contribution >= 4 is 33.8 Å². The number of nitriles is 1. The third kappa shape index (κ3) is 3.06. The summed E-state index contributed by atoms with van der Waals surface area (Å²) in [6, 6.07) is 13.1. The Balaban J connectivity index is 2.02. The second-order valence-electron chi connectivity index (χ2n) is 5.55.